The fraction of sp³-hybridized carbons (Fsp3) is 0. The first-order valence-electron chi connectivity index (χ1n) is 5.85. The minimum Gasteiger partial charge on any atom is -0.457 e. The predicted octanol–water partition coefficient (Wildman–Crippen LogP) is 2.76. The second-order valence-electron chi connectivity index (χ2n) is 4.01. The third-order valence-electron chi connectivity index (χ3n) is 2.34. The van der Waals surface area contributed by atoms with Gasteiger partial charge in [-0.1, -0.05) is 0 Å². The predicted molar refractivity (Wildman–Crippen MR) is 73.2 cm³/mol. The van der Waals surface area contributed by atoms with Gasteiger partial charge >= 0.3 is 6.03 Å². The Morgan fingerprint density at radius 2 is 1.71 bits per heavy atom. The molecule has 108 valence electrons. The largest absolute Gasteiger partial charge is 0.457 e. The summed E-state index contributed by atoms with van der Waals surface area (Å²) < 4.78 is 31.4. The summed E-state index contributed by atoms with van der Waals surface area (Å²) in [5.41, 5.74) is 7.58. The molecule has 0 saturated heterocycles. The maximum absolute atomic E-state index is 13.0. The Hall–Kier alpha value is -2.96. The minimum atomic E-state index is -0.765. The zero-order valence-corrected chi connectivity index (χ0v) is 10.7. The summed E-state index contributed by atoms with van der Waals surface area (Å²) in [6.45, 7) is 0. The van der Waals surface area contributed by atoms with Crippen LogP contribution in [-0.4, -0.2) is 12.2 Å². The Kier molecular flexibility index (Phi) is 4.45. The molecule has 0 aliphatic rings. The molecule has 2 rings (SSSR count). The lowest BCUT2D eigenvalue weighted by Crippen LogP contribution is -2.24. The van der Waals surface area contributed by atoms with Gasteiger partial charge in [-0.15, -0.1) is 0 Å². The Bertz CT molecular complexity index is 652. The van der Waals surface area contributed by atoms with Crippen molar-refractivity contribution in [1.29, 1.82) is 0 Å². The lowest BCUT2D eigenvalue weighted by Gasteiger charge is -2.06. The summed E-state index contributed by atoms with van der Waals surface area (Å²) in [7, 11) is 0. The highest BCUT2D eigenvalue weighted by molar-refractivity contribution is 5.81. The van der Waals surface area contributed by atoms with Crippen LogP contribution in [0.5, 0.6) is 11.5 Å². The number of nitrogens with zero attached hydrogens (tertiary/aromatic N) is 1. The second kappa shape index (κ2) is 6.47. The molecule has 0 aromatic heterocycles. The number of hydrazone groups is 1. The molecule has 0 atom stereocenters. The molecule has 0 radical (unpaired) electrons. The minimum absolute atomic E-state index is 0.0595. The van der Waals surface area contributed by atoms with Gasteiger partial charge in [-0.3, -0.25) is 0 Å². The van der Waals surface area contributed by atoms with Gasteiger partial charge in [0.15, 0.2) is 0 Å². The summed E-state index contributed by atoms with van der Waals surface area (Å²) in [5, 5.41) is 3.59. The van der Waals surface area contributed by atoms with E-state index >= 15 is 0 Å². The third-order valence-corrected chi connectivity index (χ3v) is 2.34. The van der Waals surface area contributed by atoms with Gasteiger partial charge in [0.25, 0.3) is 0 Å². The molecule has 2 amide bonds. The van der Waals surface area contributed by atoms with E-state index in [1.165, 1.54) is 6.21 Å². The zero-order chi connectivity index (χ0) is 15.2. The number of amides is 2. The van der Waals surface area contributed by atoms with Crippen molar-refractivity contribution >= 4 is 12.2 Å². The molecule has 0 bridgehead atoms. The van der Waals surface area contributed by atoms with Crippen LogP contribution in [0.3, 0.4) is 0 Å². The molecule has 0 spiro atoms. The van der Waals surface area contributed by atoms with Crippen molar-refractivity contribution in [3.63, 3.8) is 0 Å². The van der Waals surface area contributed by atoms with E-state index in [1.807, 2.05) is 0 Å². The molecule has 3 N–H and O–H groups in total. The first-order valence-corrected chi connectivity index (χ1v) is 5.85. The van der Waals surface area contributed by atoms with E-state index in [0.717, 1.165) is 18.2 Å². The molecule has 2 aromatic carbocycles. The van der Waals surface area contributed by atoms with Crippen LogP contribution in [0.1, 0.15) is 5.56 Å². The molecule has 0 unspecified atom stereocenters. The Morgan fingerprint density at radius 3 is 2.29 bits per heavy atom. The average molecular weight is 291 g/mol. The number of carbonyl (C=O) groups excluding carboxylic acids is 1. The number of rotatable bonds is 4. The number of hydrogen-bond acceptors (Lipinski definition) is 3. The SMILES string of the molecule is NC(=O)NN=Cc1ccc(Oc2cc(F)cc(F)c2)cc1. The number of benzene rings is 2. The van der Waals surface area contributed by atoms with Crippen LogP contribution in [-0.2, 0) is 0 Å². The Labute approximate surface area is 119 Å². The molecule has 21 heavy (non-hydrogen) atoms. The maximum Gasteiger partial charge on any atom is 0.332 e. The summed E-state index contributed by atoms with van der Waals surface area (Å²) >= 11 is 0. The summed E-state index contributed by atoms with van der Waals surface area (Å²) in [6.07, 6.45) is 1.39. The fourth-order valence-corrected chi connectivity index (χ4v) is 1.52. The molecule has 7 heteroatoms. The van der Waals surface area contributed by atoms with E-state index in [0.29, 0.717) is 11.3 Å². The fourth-order valence-electron chi connectivity index (χ4n) is 1.52. The number of nitrogens with one attached hydrogen (secondary N) is 1. The maximum atomic E-state index is 13.0. The van der Waals surface area contributed by atoms with Crippen LogP contribution in [0.25, 0.3) is 0 Å². The van der Waals surface area contributed by atoms with Gasteiger partial charge in [0.2, 0.25) is 0 Å². The van der Waals surface area contributed by atoms with Crippen molar-refractivity contribution in [3.05, 3.63) is 59.7 Å². The topological polar surface area (TPSA) is 76.7 Å². The molecule has 0 aliphatic heterocycles. The lowest BCUT2D eigenvalue weighted by atomic mass is 10.2. The number of ether oxygens (including phenoxy) is 1. The number of halogens is 2. The molecular weight excluding hydrogens is 280 g/mol. The summed E-state index contributed by atoms with van der Waals surface area (Å²) in [6, 6.07) is 8.64. The monoisotopic (exact) mass is 291 g/mol. The summed E-state index contributed by atoms with van der Waals surface area (Å²) in [5.74, 6) is -0.970. The van der Waals surface area contributed by atoms with Gasteiger partial charge in [-0.05, 0) is 29.8 Å². The molecule has 0 fully saturated rings. The molecule has 0 aliphatic carbocycles. The van der Waals surface area contributed by atoms with Gasteiger partial charge in [0.05, 0.1) is 6.21 Å². The number of nitrogens with two attached hydrogens (primary N) is 1. The van der Waals surface area contributed by atoms with Gasteiger partial charge < -0.3 is 10.5 Å². The van der Waals surface area contributed by atoms with Crippen molar-refractivity contribution in [2.24, 2.45) is 10.8 Å². The lowest BCUT2D eigenvalue weighted by molar-refractivity contribution is 0.249. The van der Waals surface area contributed by atoms with Crippen LogP contribution >= 0.6 is 0 Å². The highest BCUT2D eigenvalue weighted by Crippen LogP contribution is 2.23. The second-order valence-corrected chi connectivity index (χ2v) is 4.01. The van der Waals surface area contributed by atoms with Gasteiger partial charge in [0, 0.05) is 18.2 Å². The molecule has 2 aromatic rings. The van der Waals surface area contributed by atoms with Gasteiger partial charge in [-0.25, -0.2) is 19.0 Å². The number of primary amides is 1. The highest BCUT2D eigenvalue weighted by atomic mass is 19.1. The number of carbonyl (C=O) groups is 1. The van der Waals surface area contributed by atoms with Crippen LogP contribution in [0, 0.1) is 11.6 Å². The van der Waals surface area contributed by atoms with E-state index in [2.05, 4.69) is 10.5 Å². The van der Waals surface area contributed by atoms with E-state index < -0.39 is 17.7 Å². The van der Waals surface area contributed by atoms with Crippen LogP contribution < -0.4 is 15.9 Å². The van der Waals surface area contributed by atoms with Crippen LogP contribution in [0.2, 0.25) is 0 Å². The van der Waals surface area contributed by atoms with Gasteiger partial charge in [0.1, 0.15) is 23.1 Å². The number of hydrogen-bond donors (Lipinski definition) is 2. The van der Waals surface area contributed by atoms with Gasteiger partial charge in [-0.2, -0.15) is 5.10 Å². The molecule has 5 nitrogen and oxygen atoms in total. The zero-order valence-electron chi connectivity index (χ0n) is 10.7. The molecule has 0 heterocycles. The third kappa shape index (κ3) is 4.57. The van der Waals surface area contributed by atoms with Crippen molar-refractivity contribution in [2.75, 3.05) is 0 Å². The van der Waals surface area contributed by atoms with Crippen LogP contribution in [0.4, 0.5) is 13.6 Å². The first kappa shape index (κ1) is 14.4. The van der Waals surface area contributed by atoms with E-state index in [9.17, 15) is 13.6 Å². The highest BCUT2D eigenvalue weighted by Gasteiger charge is 2.03. The van der Waals surface area contributed by atoms with Crippen molar-refractivity contribution in [1.82, 2.24) is 5.43 Å². The molecular formula is C14H11F2N3O2. The standard InChI is InChI=1S/C14H11F2N3O2/c15-10-5-11(16)7-13(6-10)21-12-3-1-9(2-4-12)8-18-19-14(17)20/h1-8H,(H3,17,19,20). The van der Waals surface area contributed by atoms with Crippen LogP contribution in [0.15, 0.2) is 47.6 Å². The van der Waals surface area contributed by atoms with Crippen molar-refractivity contribution < 1.29 is 18.3 Å². The normalized spacial score (nSPS) is 10.6. The summed E-state index contributed by atoms with van der Waals surface area (Å²) in [4.78, 5) is 10.4. The van der Waals surface area contributed by atoms with E-state index in [1.54, 1.807) is 24.3 Å². The molecule has 0 saturated carbocycles. The average Bonchev–Trinajstić information content (AvgIpc) is 2.39. The van der Waals surface area contributed by atoms with E-state index in [-0.39, 0.29) is 5.75 Å². The van der Waals surface area contributed by atoms with Crippen molar-refractivity contribution in [2.45, 2.75) is 0 Å². The Morgan fingerprint density at radius 1 is 1.10 bits per heavy atom. The quantitative estimate of drug-likeness (QED) is 0.671. The van der Waals surface area contributed by atoms with E-state index in [4.69, 9.17) is 10.5 Å². The Balaban J connectivity index is 2.05. The first-order chi connectivity index (χ1) is 10.0. The van der Waals surface area contributed by atoms with Crippen molar-refractivity contribution in [3.8, 4) is 11.5 Å². The smallest absolute Gasteiger partial charge is 0.332 e. The number of urea groups is 1.